The topological polar surface area (TPSA) is 92.5 Å². The van der Waals surface area contributed by atoms with E-state index in [0.29, 0.717) is 0 Å². The van der Waals surface area contributed by atoms with Crippen LogP contribution >= 0.6 is 22.7 Å². The summed E-state index contributed by atoms with van der Waals surface area (Å²) >= 11 is 2.87. The Hall–Kier alpha value is -2.55. The summed E-state index contributed by atoms with van der Waals surface area (Å²) in [6, 6.07) is 13.2. The van der Waals surface area contributed by atoms with E-state index in [0.717, 1.165) is 14.6 Å². The van der Waals surface area contributed by atoms with Crippen molar-refractivity contribution in [1.82, 2.24) is 5.32 Å². The lowest BCUT2D eigenvalue weighted by atomic mass is 10.1. The van der Waals surface area contributed by atoms with E-state index in [1.54, 1.807) is 6.07 Å². The molecule has 0 aliphatic rings. The van der Waals surface area contributed by atoms with Crippen molar-refractivity contribution in [2.24, 2.45) is 0 Å². The number of para-hydroxylation sites is 1. The summed E-state index contributed by atoms with van der Waals surface area (Å²) in [7, 11) is 0. The summed E-state index contributed by atoms with van der Waals surface area (Å²) in [6.45, 7) is 0.243. The molecule has 128 valence electrons. The van der Waals surface area contributed by atoms with Crippen LogP contribution in [0.15, 0.2) is 53.9 Å². The molecular formula is C17H14N2O4S2. The quantitative estimate of drug-likeness (QED) is 0.508. The van der Waals surface area contributed by atoms with Gasteiger partial charge in [-0.25, -0.2) is 0 Å². The van der Waals surface area contributed by atoms with E-state index in [4.69, 9.17) is 0 Å². The molecule has 0 aliphatic heterocycles. The molecule has 0 fully saturated rings. The van der Waals surface area contributed by atoms with Crippen LogP contribution in [0, 0.1) is 10.1 Å². The zero-order chi connectivity index (χ0) is 17.8. The van der Waals surface area contributed by atoms with Crippen molar-refractivity contribution in [3.05, 3.63) is 84.2 Å². The predicted octanol–water partition coefficient (Wildman–Crippen LogP) is 3.73. The number of carbonyl (C=O) groups excluding carboxylic acids is 1. The second-order valence-electron chi connectivity index (χ2n) is 5.18. The van der Waals surface area contributed by atoms with E-state index < -0.39 is 16.9 Å². The lowest BCUT2D eigenvalue weighted by Crippen LogP contribution is -2.23. The number of thiophene rings is 2. The first kappa shape index (κ1) is 17.3. The third kappa shape index (κ3) is 3.93. The summed E-state index contributed by atoms with van der Waals surface area (Å²) < 4.78 is 0. The van der Waals surface area contributed by atoms with Gasteiger partial charge < -0.3 is 10.4 Å². The van der Waals surface area contributed by atoms with Gasteiger partial charge in [0, 0.05) is 20.7 Å². The molecule has 25 heavy (non-hydrogen) atoms. The Bertz CT molecular complexity index is 890. The number of aliphatic hydroxyl groups is 1. The van der Waals surface area contributed by atoms with Crippen LogP contribution in [0.3, 0.4) is 0 Å². The molecule has 2 heterocycles. The van der Waals surface area contributed by atoms with Crippen molar-refractivity contribution in [2.45, 2.75) is 12.6 Å². The van der Waals surface area contributed by atoms with Crippen LogP contribution in [-0.2, 0) is 6.54 Å². The molecule has 3 aromatic rings. The minimum atomic E-state index is -0.676. The first-order valence-corrected chi connectivity index (χ1v) is 9.07. The van der Waals surface area contributed by atoms with Gasteiger partial charge in [0.2, 0.25) is 0 Å². The second kappa shape index (κ2) is 7.56. The highest BCUT2D eigenvalue weighted by Crippen LogP contribution is 2.31. The van der Waals surface area contributed by atoms with Gasteiger partial charge in [-0.3, -0.25) is 14.9 Å². The third-order valence-corrected chi connectivity index (χ3v) is 5.60. The number of aliphatic hydroxyl groups excluding tert-OH is 1. The van der Waals surface area contributed by atoms with Gasteiger partial charge in [-0.1, -0.05) is 18.2 Å². The Labute approximate surface area is 151 Å². The van der Waals surface area contributed by atoms with E-state index in [1.807, 2.05) is 29.6 Å². The van der Waals surface area contributed by atoms with Crippen LogP contribution in [-0.4, -0.2) is 15.9 Å². The summed E-state index contributed by atoms with van der Waals surface area (Å²) in [5, 5.41) is 25.9. The molecule has 2 N–H and O–H groups in total. The van der Waals surface area contributed by atoms with E-state index >= 15 is 0 Å². The van der Waals surface area contributed by atoms with E-state index in [2.05, 4.69) is 5.32 Å². The maximum absolute atomic E-state index is 12.2. The number of hydrogen-bond acceptors (Lipinski definition) is 6. The Balaban J connectivity index is 1.67. The summed E-state index contributed by atoms with van der Waals surface area (Å²) in [5.74, 6) is -0.499. The normalized spacial score (nSPS) is 11.9. The third-order valence-electron chi connectivity index (χ3n) is 3.53. The van der Waals surface area contributed by atoms with Crippen LogP contribution in [0.25, 0.3) is 0 Å². The van der Waals surface area contributed by atoms with Crippen molar-refractivity contribution in [3.8, 4) is 0 Å². The van der Waals surface area contributed by atoms with Gasteiger partial charge in [0.05, 0.1) is 11.5 Å². The smallest absolute Gasteiger partial charge is 0.282 e. The lowest BCUT2D eigenvalue weighted by molar-refractivity contribution is -0.385. The molecule has 1 amide bonds. The summed E-state index contributed by atoms with van der Waals surface area (Å²) in [5.41, 5.74) is -0.192. The predicted molar refractivity (Wildman–Crippen MR) is 97.0 cm³/mol. The number of nitro benzene ring substituents is 1. The second-order valence-corrected chi connectivity index (χ2v) is 7.36. The fraction of sp³-hybridized carbons (Fsp3) is 0.118. The first-order chi connectivity index (χ1) is 12.1. The van der Waals surface area contributed by atoms with E-state index in [9.17, 15) is 20.0 Å². The molecule has 0 saturated carbocycles. The molecule has 0 radical (unpaired) electrons. The average molecular weight is 374 g/mol. The fourth-order valence-electron chi connectivity index (χ4n) is 2.31. The summed E-state index contributed by atoms with van der Waals surface area (Å²) in [6.07, 6.45) is -0.676. The number of carbonyl (C=O) groups is 1. The molecule has 1 atom stereocenters. The number of nitrogens with one attached hydrogen (secondary N) is 1. The molecule has 3 rings (SSSR count). The van der Waals surface area contributed by atoms with E-state index in [-0.39, 0.29) is 17.8 Å². The van der Waals surface area contributed by atoms with Gasteiger partial charge in [-0.2, -0.15) is 0 Å². The number of rotatable bonds is 6. The Morgan fingerprint density at radius 1 is 1.16 bits per heavy atom. The zero-order valence-electron chi connectivity index (χ0n) is 12.9. The SMILES string of the molecule is O=C(NCc1ccc(C(O)c2cccs2)s1)c1ccccc1[N+](=O)[O-]. The Kier molecular flexibility index (Phi) is 5.22. The molecule has 8 heteroatoms. The van der Waals surface area contributed by atoms with Crippen LogP contribution in [0.1, 0.15) is 31.1 Å². The number of amides is 1. The maximum Gasteiger partial charge on any atom is 0.282 e. The van der Waals surface area contributed by atoms with Gasteiger partial charge in [0.25, 0.3) is 11.6 Å². The van der Waals surface area contributed by atoms with Crippen LogP contribution < -0.4 is 5.32 Å². The molecule has 0 spiro atoms. The number of nitro groups is 1. The van der Waals surface area contributed by atoms with Gasteiger partial charge in [0.1, 0.15) is 11.7 Å². The monoisotopic (exact) mass is 374 g/mol. The van der Waals surface area contributed by atoms with Gasteiger partial charge in [-0.05, 0) is 29.6 Å². The van der Waals surface area contributed by atoms with Crippen molar-refractivity contribution in [2.75, 3.05) is 0 Å². The highest BCUT2D eigenvalue weighted by molar-refractivity contribution is 7.12. The number of nitrogens with zero attached hydrogens (tertiary/aromatic N) is 1. The van der Waals surface area contributed by atoms with Gasteiger partial charge >= 0.3 is 0 Å². The maximum atomic E-state index is 12.2. The lowest BCUT2D eigenvalue weighted by Gasteiger charge is -2.06. The molecule has 1 unspecified atom stereocenters. The molecule has 2 aromatic heterocycles. The Morgan fingerprint density at radius 2 is 1.96 bits per heavy atom. The molecular weight excluding hydrogens is 360 g/mol. The highest BCUT2D eigenvalue weighted by atomic mass is 32.1. The average Bonchev–Trinajstić information content (AvgIpc) is 3.31. The van der Waals surface area contributed by atoms with Crippen molar-refractivity contribution in [3.63, 3.8) is 0 Å². The van der Waals surface area contributed by atoms with Crippen LogP contribution in [0.4, 0.5) is 5.69 Å². The molecule has 0 bridgehead atoms. The molecule has 1 aromatic carbocycles. The van der Waals surface area contributed by atoms with Crippen molar-refractivity contribution in [1.29, 1.82) is 0 Å². The summed E-state index contributed by atoms with van der Waals surface area (Å²) in [4.78, 5) is 25.1. The fourth-order valence-corrected chi connectivity index (χ4v) is 4.07. The highest BCUT2D eigenvalue weighted by Gasteiger charge is 2.19. The number of benzene rings is 1. The van der Waals surface area contributed by atoms with Gasteiger partial charge in [-0.15, -0.1) is 22.7 Å². The van der Waals surface area contributed by atoms with Crippen molar-refractivity contribution < 1.29 is 14.8 Å². The van der Waals surface area contributed by atoms with Crippen LogP contribution in [0.5, 0.6) is 0 Å². The molecule has 0 aliphatic carbocycles. The largest absolute Gasteiger partial charge is 0.382 e. The minimum Gasteiger partial charge on any atom is -0.382 e. The van der Waals surface area contributed by atoms with Gasteiger partial charge in [0.15, 0.2) is 0 Å². The zero-order valence-corrected chi connectivity index (χ0v) is 14.5. The van der Waals surface area contributed by atoms with Crippen molar-refractivity contribution >= 4 is 34.3 Å². The Morgan fingerprint density at radius 3 is 2.68 bits per heavy atom. The molecule has 6 nitrogen and oxygen atoms in total. The standard InChI is InChI=1S/C17H14N2O4S2/c20-16(14-6-3-9-24-14)15-8-7-11(25-15)10-18-17(21)12-4-1-2-5-13(12)19(22)23/h1-9,16,20H,10H2,(H,18,21). The number of hydrogen-bond donors (Lipinski definition) is 2. The minimum absolute atomic E-state index is 0.0305. The molecule has 0 saturated heterocycles. The first-order valence-electron chi connectivity index (χ1n) is 7.38. The van der Waals surface area contributed by atoms with E-state index in [1.165, 1.54) is 40.9 Å². The van der Waals surface area contributed by atoms with Crippen LogP contribution in [0.2, 0.25) is 0 Å².